The van der Waals surface area contributed by atoms with Gasteiger partial charge in [0, 0.05) is 32.4 Å². The SMILES string of the molecule is CN1CCN(Cc2cccc(N)c2)c2ccc(F)cc21.Cl.Cl. The predicted octanol–water partition coefficient (Wildman–Crippen LogP) is 3.71. The largest absolute Gasteiger partial charge is 0.399 e. The van der Waals surface area contributed by atoms with Gasteiger partial charge < -0.3 is 15.5 Å². The fraction of sp³-hybridized carbons (Fsp3) is 0.250. The second-order valence-corrected chi connectivity index (χ2v) is 5.22. The number of nitrogen functional groups attached to an aromatic ring is 1. The van der Waals surface area contributed by atoms with E-state index in [0.717, 1.165) is 36.7 Å². The molecule has 2 N–H and O–H groups in total. The molecule has 1 aliphatic heterocycles. The number of likely N-dealkylation sites (N-methyl/N-ethyl adjacent to an activating group) is 1. The lowest BCUT2D eigenvalue weighted by Gasteiger charge is -2.37. The molecule has 6 heteroatoms. The Morgan fingerprint density at radius 2 is 1.82 bits per heavy atom. The molecule has 0 atom stereocenters. The average Bonchev–Trinajstić information content (AvgIpc) is 2.42. The molecule has 1 aliphatic rings. The molecule has 0 spiro atoms. The third-order valence-corrected chi connectivity index (χ3v) is 3.72. The van der Waals surface area contributed by atoms with E-state index in [1.807, 2.05) is 31.3 Å². The zero-order valence-corrected chi connectivity index (χ0v) is 14.0. The molecule has 0 fully saturated rings. The highest BCUT2D eigenvalue weighted by Gasteiger charge is 2.20. The van der Waals surface area contributed by atoms with Crippen LogP contribution in [0.4, 0.5) is 21.5 Å². The molecule has 120 valence electrons. The molecule has 22 heavy (non-hydrogen) atoms. The summed E-state index contributed by atoms with van der Waals surface area (Å²) in [6.07, 6.45) is 0. The second-order valence-electron chi connectivity index (χ2n) is 5.22. The molecule has 2 aromatic rings. The average molecular weight is 344 g/mol. The number of halogens is 3. The van der Waals surface area contributed by atoms with Crippen molar-refractivity contribution in [2.75, 3.05) is 35.7 Å². The van der Waals surface area contributed by atoms with Gasteiger partial charge in [0.2, 0.25) is 0 Å². The number of benzene rings is 2. The minimum Gasteiger partial charge on any atom is -0.399 e. The van der Waals surface area contributed by atoms with Gasteiger partial charge in [-0.3, -0.25) is 0 Å². The third kappa shape index (κ3) is 3.76. The summed E-state index contributed by atoms with van der Waals surface area (Å²) in [5.41, 5.74) is 9.79. The van der Waals surface area contributed by atoms with Crippen LogP contribution < -0.4 is 15.5 Å². The Bertz CT molecular complexity index is 637. The zero-order chi connectivity index (χ0) is 14.1. The van der Waals surface area contributed by atoms with Gasteiger partial charge in [-0.1, -0.05) is 12.1 Å². The Morgan fingerprint density at radius 3 is 2.55 bits per heavy atom. The van der Waals surface area contributed by atoms with E-state index in [1.54, 1.807) is 6.07 Å². The van der Waals surface area contributed by atoms with Crippen molar-refractivity contribution in [2.24, 2.45) is 0 Å². The highest BCUT2D eigenvalue weighted by Crippen LogP contribution is 2.33. The van der Waals surface area contributed by atoms with E-state index in [-0.39, 0.29) is 30.6 Å². The van der Waals surface area contributed by atoms with Gasteiger partial charge in [0.05, 0.1) is 11.4 Å². The summed E-state index contributed by atoms with van der Waals surface area (Å²) in [5, 5.41) is 0. The minimum absolute atomic E-state index is 0. The maximum Gasteiger partial charge on any atom is 0.125 e. The molecule has 0 aromatic heterocycles. The van der Waals surface area contributed by atoms with Crippen molar-refractivity contribution in [3.05, 3.63) is 53.8 Å². The topological polar surface area (TPSA) is 32.5 Å². The molecule has 0 saturated heterocycles. The van der Waals surface area contributed by atoms with Crippen LogP contribution in [-0.2, 0) is 6.54 Å². The van der Waals surface area contributed by atoms with Crippen LogP contribution in [0.15, 0.2) is 42.5 Å². The number of hydrogen-bond donors (Lipinski definition) is 1. The lowest BCUT2D eigenvalue weighted by molar-refractivity contribution is 0.624. The van der Waals surface area contributed by atoms with Crippen LogP contribution >= 0.6 is 24.8 Å². The first-order valence-electron chi connectivity index (χ1n) is 6.73. The van der Waals surface area contributed by atoms with Crippen LogP contribution in [0.5, 0.6) is 0 Å². The van der Waals surface area contributed by atoms with E-state index in [4.69, 9.17) is 5.73 Å². The monoisotopic (exact) mass is 343 g/mol. The molecule has 0 radical (unpaired) electrons. The Morgan fingerprint density at radius 1 is 1.05 bits per heavy atom. The standard InChI is InChI=1S/C16H18FN3.2ClH/c1-19-7-8-20(11-12-3-2-4-14(18)9-12)15-6-5-13(17)10-16(15)19;;/h2-6,9-10H,7-8,11,18H2,1H3;2*1H. The van der Waals surface area contributed by atoms with Crippen molar-refractivity contribution in [2.45, 2.75) is 6.54 Å². The Labute approximate surface area is 142 Å². The van der Waals surface area contributed by atoms with Crippen LogP contribution in [0, 0.1) is 5.82 Å². The van der Waals surface area contributed by atoms with Crippen LogP contribution in [0.1, 0.15) is 5.56 Å². The number of hydrogen-bond acceptors (Lipinski definition) is 3. The Kier molecular flexibility index (Phi) is 6.33. The minimum atomic E-state index is -0.193. The number of rotatable bonds is 2. The number of nitrogens with zero attached hydrogens (tertiary/aromatic N) is 2. The normalized spacial score (nSPS) is 13.0. The Balaban J connectivity index is 0.00000121. The van der Waals surface area contributed by atoms with Gasteiger partial charge in [-0.25, -0.2) is 4.39 Å². The first-order chi connectivity index (χ1) is 9.63. The van der Waals surface area contributed by atoms with Crippen molar-refractivity contribution in [1.82, 2.24) is 0 Å². The maximum atomic E-state index is 13.4. The van der Waals surface area contributed by atoms with Crippen molar-refractivity contribution in [3.8, 4) is 0 Å². The molecule has 0 unspecified atom stereocenters. The van der Waals surface area contributed by atoms with Gasteiger partial charge in [0.25, 0.3) is 0 Å². The lowest BCUT2D eigenvalue weighted by Crippen LogP contribution is -2.38. The summed E-state index contributed by atoms with van der Waals surface area (Å²) in [7, 11) is 2.00. The summed E-state index contributed by atoms with van der Waals surface area (Å²) in [4.78, 5) is 4.36. The summed E-state index contributed by atoms with van der Waals surface area (Å²) in [5.74, 6) is -0.193. The summed E-state index contributed by atoms with van der Waals surface area (Å²) in [6, 6.07) is 12.9. The van der Waals surface area contributed by atoms with Crippen LogP contribution in [0.3, 0.4) is 0 Å². The molecule has 3 nitrogen and oxygen atoms in total. The first-order valence-corrected chi connectivity index (χ1v) is 6.73. The van der Waals surface area contributed by atoms with Gasteiger partial charge in [-0.2, -0.15) is 0 Å². The number of anilines is 3. The summed E-state index contributed by atoms with van der Waals surface area (Å²) < 4.78 is 13.4. The van der Waals surface area contributed by atoms with Crippen molar-refractivity contribution in [1.29, 1.82) is 0 Å². The molecule has 0 amide bonds. The van der Waals surface area contributed by atoms with E-state index in [0.29, 0.717) is 0 Å². The summed E-state index contributed by atoms with van der Waals surface area (Å²) >= 11 is 0. The molecule has 0 aliphatic carbocycles. The highest BCUT2D eigenvalue weighted by atomic mass is 35.5. The van der Waals surface area contributed by atoms with Crippen LogP contribution in [-0.4, -0.2) is 20.1 Å². The summed E-state index contributed by atoms with van der Waals surface area (Å²) in [6.45, 7) is 2.60. The van der Waals surface area contributed by atoms with E-state index in [9.17, 15) is 4.39 Å². The molecular formula is C16H20Cl2FN3. The molecular weight excluding hydrogens is 324 g/mol. The van der Waals surface area contributed by atoms with E-state index in [1.165, 1.54) is 11.6 Å². The zero-order valence-electron chi connectivity index (χ0n) is 12.3. The van der Waals surface area contributed by atoms with Gasteiger partial charge >= 0.3 is 0 Å². The highest BCUT2D eigenvalue weighted by molar-refractivity contribution is 5.85. The molecule has 0 saturated carbocycles. The fourth-order valence-corrected chi connectivity index (χ4v) is 2.66. The van der Waals surface area contributed by atoms with Gasteiger partial charge in [-0.05, 0) is 35.9 Å². The van der Waals surface area contributed by atoms with Gasteiger partial charge in [0.15, 0.2) is 0 Å². The van der Waals surface area contributed by atoms with E-state index in [2.05, 4.69) is 15.9 Å². The lowest BCUT2D eigenvalue weighted by atomic mass is 10.1. The smallest absolute Gasteiger partial charge is 0.125 e. The van der Waals surface area contributed by atoms with Gasteiger partial charge in [0.1, 0.15) is 5.82 Å². The van der Waals surface area contributed by atoms with Crippen molar-refractivity contribution < 1.29 is 4.39 Å². The quantitative estimate of drug-likeness (QED) is 0.843. The number of nitrogens with two attached hydrogens (primary N) is 1. The van der Waals surface area contributed by atoms with Crippen LogP contribution in [0.25, 0.3) is 0 Å². The van der Waals surface area contributed by atoms with E-state index < -0.39 is 0 Å². The predicted molar refractivity (Wildman–Crippen MR) is 96.1 cm³/mol. The van der Waals surface area contributed by atoms with Crippen molar-refractivity contribution >= 4 is 41.9 Å². The van der Waals surface area contributed by atoms with Crippen LogP contribution in [0.2, 0.25) is 0 Å². The second kappa shape index (κ2) is 7.56. The fourth-order valence-electron chi connectivity index (χ4n) is 2.66. The first kappa shape index (κ1) is 18.4. The number of fused-ring (bicyclic) bond motifs is 1. The molecule has 2 aromatic carbocycles. The molecule has 3 rings (SSSR count). The Hall–Kier alpha value is -1.65. The van der Waals surface area contributed by atoms with Crippen molar-refractivity contribution in [3.63, 3.8) is 0 Å². The van der Waals surface area contributed by atoms with E-state index >= 15 is 0 Å². The molecule has 1 heterocycles. The molecule has 0 bridgehead atoms. The van der Waals surface area contributed by atoms with Gasteiger partial charge in [-0.15, -0.1) is 24.8 Å². The maximum absolute atomic E-state index is 13.4. The third-order valence-electron chi connectivity index (χ3n) is 3.72.